The molecule has 0 aromatic carbocycles. The Morgan fingerprint density at radius 2 is 2.00 bits per heavy atom. The van der Waals surface area contributed by atoms with Gasteiger partial charge in [0.2, 0.25) is 5.91 Å². The topological polar surface area (TPSA) is 99.2 Å². The number of allylic oxidation sites excluding steroid dienone is 3. The predicted octanol–water partition coefficient (Wildman–Crippen LogP) is 2.59. The van der Waals surface area contributed by atoms with E-state index >= 15 is 0 Å². The van der Waals surface area contributed by atoms with Gasteiger partial charge in [-0.2, -0.15) is 18.4 Å². The molecule has 1 heterocycles. The normalized spacial score (nSPS) is 20.2. The highest BCUT2D eigenvalue weighted by atomic mass is 19.4. The minimum absolute atomic E-state index is 0.106. The maximum atomic E-state index is 13.5. The fraction of sp³-hybridized carbons (Fsp3) is 0.526. The van der Waals surface area contributed by atoms with Crippen molar-refractivity contribution >= 4 is 11.8 Å². The van der Waals surface area contributed by atoms with Gasteiger partial charge in [0.05, 0.1) is 30.3 Å². The molecule has 2 amide bonds. The zero-order valence-corrected chi connectivity index (χ0v) is 16.5. The van der Waals surface area contributed by atoms with Crippen LogP contribution in [0.1, 0.15) is 26.7 Å². The largest absolute Gasteiger partial charge is 0.417 e. The molecular formula is C19H23F5N4O2. The van der Waals surface area contributed by atoms with Crippen molar-refractivity contribution in [3.8, 4) is 6.07 Å². The first-order chi connectivity index (χ1) is 13.9. The molecule has 3 N–H and O–H groups in total. The lowest BCUT2D eigenvalue weighted by molar-refractivity contribution is -0.133. The molecule has 0 radical (unpaired) electrons. The second kappa shape index (κ2) is 10.3. The molecule has 0 aliphatic carbocycles. The monoisotopic (exact) mass is 434 g/mol. The van der Waals surface area contributed by atoms with E-state index in [1.165, 1.54) is 13.0 Å². The van der Waals surface area contributed by atoms with Crippen LogP contribution >= 0.6 is 0 Å². The van der Waals surface area contributed by atoms with Gasteiger partial charge in [-0.3, -0.25) is 9.59 Å². The fourth-order valence-electron chi connectivity index (χ4n) is 2.69. The second-order valence-electron chi connectivity index (χ2n) is 6.74. The number of carbonyl (C=O) groups excluding carboxylic acids is 2. The number of likely N-dealkylation sites (tertiary alicyclic amines) is 1. The Morgan fingerprint density at radius 1 is 1.37 bits per heavy atom. The maximum Gasteiger partial charge on any atom is 0.417 e. The summed E-state index contributed by atoms with van der Waals surface area (Å²) in [5.74, 6) is -5.46. The Hall–Kier alpha value is -2.74. The van der Waals surface area contributed by atoms with Crippen molar-refractivity contribution in [2.24, 2.45) is 5.73 Å². The van der Waals surface area contributed by atoms with Crippen LogP contribution in [0.3, 0.4) is 0 Å². The minimum atomic E-state index is -4.86. The van der Waals surface area contributed by atoms with Crippen LogP contribution in [0.2, 0.25) is 0 Å². The third-order valence-electron chi connectivity index (χ3n) is 4.21. The number of hydrogen-bond donors (Lipinski definition) is 2. The van der Waals surface area contributed by atoms with Gasteiger partial charge in [0.1, 0.15) is 6.04 Å². The molecule has 30 heavy (non-hydrogen) atoms. The maximum absolute atomic E-state index is 13.5. The van der Waals surface area contributed by atoms with Gasteiger partial charge in [0.15, 0.2) is 0 Å². The summed E-state index contributed by atoms with van der Waals surface area (Å²) in [5, 5.41) is 11.0. The minimum Gasteiger partial charge on any atom is -0.343 e. The molecule has 0 aromatic heterocycles. The Kier molecular flexibility index (Phi) is 8.72. The van der Waals surface area contributed by atoms with Crippen LogP contribution in [0.25, 0.3) is 0 Å². The van der Waals surface area contributed by atoms with Crippen LogP contribution in [-0.2, 0) is 9.59 Å². The Bertz CT molecular complexity index is 794. The van der Waals surface area contributed by atoms with Crippen LogP contribution < -0.4 is 11.1 Å². The number of nitrogens with one attached hydrogen (secondary N) is 1. The Morgan fingerprint density at radius 3 is 2.50 bits per heavy atom. The summed E-state index contributed by atoms with van der Waals surface area (Å²) < 4.78 is 67.4. The van der Waals surface area contributed by atoms with Crippen molar-refractivity contribution in [1.29, 1.82) is 5.26 Å². The molecule has 0 bridgehead atoms. The van der Waals surface area contributed by atoms with E-state index in [4.69, 9.17) is 11.0 Å². The number of alkyl halides is 5. The molecule has 11 heteroatoms. The van der Waals surface area contributed by atoms with Gasteiger partial charge in [-0.25, -0.2) is 8.78 Å². The number of hydrogen-bond acceptors (Lipinski definition) is 4. The van der Waals surface area contributed by atoms with Gasteiger partial charge in [-0.1, -0.05) is 24.6 Å². The molecule has 1 unspecified atom stereocenters. The van der Waals surface area contributed by atoms with E-state index in [1.807, 2.05) is 5.32 Å². The number of rotatable bonds is 7. The number of amides is 2. The van der Waals surface area contributed by atoms with E-state index in [2.05, 4.69) is 0 Å². The van der Waals surface area contributed by atoms with Crippen LogP contribution in [0, 0.1) is 11.3 Å². The van der Waals surface area contributed by atoms with Crippen molar-refractivity contribution < 1.29 is 31.5 Å². The van der Waals surface area contributed by atoms with Gasteiger partial charge < -0.3 is 16.0 Å². The lowest BCUT2D eigenvalue weighted by atomic mass is 10.0. The standard InChI is InChI=1S/C19H23F5N4O2/c1-3-4-5-15(19(22,23)24)14(6-12(2)8-25)17(30)27-10-16(29)28-11-18(20,21)7-13(28)9-26/h4-6,13H,3,7-8,10-11,25H2,1-2H3,(H,27,30)/b5-4+,12-6+,15-14-. The van der Waals surface area contributed by atoms with Crippen LogP contribution in [0.4, 0.5) is 22.0 Å². The first-order valence-corrected chi connectivity index (χ1v) is 9.06. The van der Waals surface area contributed by atoms with E-state index < -0.39 is 60.6 Å². The van der Waals surface area contributed by atoms with Gasteiger partial charge in [-0.05, 0) is 19.4 Å². The molecule has 1 aliphatic heterocycles. The summed E-state index contributed by atoms with van der Waals surface area (Å²) in [7, 11) is 0. The third-order valence-corrected chi connectivity index (χ3v) is 4.21. The van der Waals surface area contributed by atoms with Gasteiger partial charge in [0.25, 0.3) is 11.8 Å². The number of halogens is 5. The van der Waals surface area contributed by atoms with E-state index in [0.717, 1.165) is 12.2 Å². The SMILES string of the molecule is CC/C=C/C(=C(\C=C(/C)CN)C(=O)NCC(=O)N1CC(F)(F)CC1C#N)C(F)(F)F. The van der Waals surface area contributed by atoms with Crippen molar-refractivity contribution in [1.82, 2.24) is 10.2 Å². The van der Waals surface area contributed by atoms with E-state index in [1.54, 1.807) is 13.0 Å². The molecule has 1 fully saturated rings. The molecule has 6 nitrogen and oxygen atoms in total. The quantitative estimate of drug-likeness (QED) is 0.366. The zero-order chi connectivity index (χ0) is 23.1. The predicted molar refractivity (Wildman–Crippen MR) is 99.0 cm³/mol. The van der Waals surface area contributed by atoms with Crippen molar-refractivity contribution in [2.45, 2.75) is 44.8 Å². The van der Waals surface area contributed by atoms with Crippen molar-refractivity contribution in [2.75, 3.05) is 19.6 Å². The molecule has 0 aromatic rings. The zero-order valence-electron chi connectivity index (χ0n) is 16.5. The van der Waals surface area contributed by atoms with Gasteiger partial charge in [-0.15, -0.1) is 0 Å². The van der Waals surface area contributed by atoms with Crippen LogP contribution in [0.5, 0.6) is 0 Å². The van der Waals surface area contributed by atoms with Crippen LogP contribution in [-0.4, -0.2) is 54.5 Å². The smallest absolute Gasteiger partial charge is 0.343 e. The summed E-state index contributed by atoms with van der Waals surface area (Å²) in [4.78, 5) is 25.3. The summed E-state index contributed by atoms with van der Waals surface area (Å²) >= 11 is 0. The highest BCUT2D eigenvalue weighted by Crippen LogP contribution is 2.32. The van der Waals surface area contributed by atoms with E-state index in [0.29, 0.717) is 4.90 Å². The number of nitriles is 1. The highest BCUT2D eigenvalue weighted by molar-refractivity contribution is 5.99. The average Bonchev–Trinajstić information content (AvgIpc) is 2.98. The molecule has 1 saturated heterocycles. The Labute approximate surface area is 170 Å². The summed E-state index contributed by atoms with van der Waals surface area (Å²) in [6, 6.07) is 0.200. The molecular weight excluding hydrogens is 411 g/mol. The fourth-order valence-corrected chi connectivity index (χ4v) is 2.69. The highest BCUT2D eigenvalue weighted by Gasteiger charge is 2.47. The number of carbonyl (C=O) groups is 2. The number of nitrogens with zero attached hydrogens (tertiary/aromatic N) is 2. The molecule has 1 rings (SSSR count). The average molecular weight is 434 g/mol. The summed E-state index contributed by atoms with van der Waals surface area (Å²) in [5.41, 5.74) is 3.70. The van der Waals surface area contributed by atoms with Gasteiger partial charge >= 0.3 is 6.18 Å². The summed E-state index contributed by atoms with van der Waals surface area (Å²) in [6.45, 7) is 1.10. The molecule has 0 spiro atoms. The van der Waals surface area contributed by atoms with Crippen molar-refractivity contribution in [3.05, 3.63) is 34.9 Å². The van der Waals surface area contributed by atoms with E-state index in [9.17, 15) is 31.5 Å². The first kappa shape index (κ1) is 25.3. The van der Waals surface area contributed by atoms with E-state index in [-0.39, 0.29) is 18.5 Å². The summed E-state index contributed by atoms with van der Waals surface area (Å²) in [6.07, 6.45) is -2.49. The molecule has 166 valence electrons. The van der Waals surface area contributed by atoms with Crippen LogP contribution in [0.15, 0.2) is 34.9 Å². The second-order valence-corrected chi connectivity index (χ2v) is 6.74. The molecule has 1 atom stereocenters. The first-order valence-electron chi connectivity index (χ1n) is 9.06. The molecule has 0 saturated carbocycles. The number of nitrogens with two attached hydrogens (primary N) is 1. The lowest BCUT2D eigenvalue weighted by Gasteiger charge is -2.20. The lowest BCUT2D eigenvalue weighted by Crippen LogP contribution is -2.43. The molecule has 1 aliphatic rings. The Balaban J connectivity index is 3.15. The van der Waals surface area contributed by atoms with Gasteiger partial charge in [0, 0.05) is 13.0 Å². The third kappa shape index (κ3) is 6.95. The van der Waals surface area contributed by atoms with Crippen molar-refractivity contribution in [3.63, 3.8) is 0 Å².